The molecule has 2 rings (SSSR count). The van der Waals surface area contributed by atoms with Crippen molar-refractivity contribution in [1.29, 1.82) is 0 Å². The Hall–Kier alpha value is -0.0800. The van der Waals surface area contributed by atoms with E-state index in [9.17, 15) is 0 Å². The van der Waals surface area contributed by atoms with Crippen molar-refractivity contribution in [2.24, 2.45) is 0 Å². The molecule has 0 atom stereocenters. The fraction of sp³-hybridized carbons (Fsp3) is 1.00. The summed E-state index contributed by atoms with van der Waals surface area (Å²) in [7, 11) is 0. The van der Waals surface area contributed by atoms with Crippen molar-refractivity contribution in [3.05, 3.63) is 0 Å². The van der Waals surface area contributed by atoms with Gasteiger partial charge in [-0.1, -0.05) is 55.4 Å². The summed E-state index contributed by atoms with van der Waals surface area (Å²) in [5.41, 5.74) is 0. The van der Waals surface area contributed by atoms with E-state index in [0.29, 0.717) is 0 Å². The summed E-state index contributed by atoms with van der Waals surface area (Å²) < 4.78 is 10.0. The SMILES string of the molecule is C1CCOC1.C1CCOCC1.CC.CC.CC.CC. The lowest BCUT2D eigenvalue weighted by Crippen LogP contribution is -2.03. The third kappa shape index (κ3) is 38.1. The predicted octanol–water partition coefficient (Wildman–Crippen LogP) is 6.09. The summed E-state index contributed by atoms with van der Waals surface area (Å²) >= 11 is 0. The van der Waals surface area contributed by atoms with Gasteiger partial charge in [0.05, 0.1) is 0 Å². The lowest BCUT2D eigenvalue weighted by atomic mass is 10.2. The Morgan fingerprint density at radius 3 is 0.684 bits per heavy atom. The second-order valence-electron chi connectivity index (χ2n) is 2.99. The maximum atomic E-state index is 5.07. The van der Waals surface area contributed by atoms with Crippen LogP contribution < -0.4 is 0 Å². The molecule has 0 spiro atoms. The Balaban J connectivity index is -0.0000000790. The molecule has 2 fully saturated rings. The van der Waals surface area contributed by atoms with Gasteiger partial charge >= 0.3 is 0 Å². The Bertz CT molecular complexity index is 58.2. The van der Waals surface area contributed by atoms with Crippen LogP contribution in [0.3, 0.4) is 0 Å². The standard InChI is InChI=1S/C5H10O.C4H8O.4C2H6/c1-2-4-6-5-3-1;1-2-4-5-3-1;4*1-2/h1-5H2;1-4H2;4*1-2H3. The largest absolute Gasteiger partial charge is 0.381 e. The molecule has 0 aliphatic carbocycles. The van der Waals surface area contributed by atoms with Gasteiger partial charge in [0.25, 0.3) is 0 Å². The Morgan fingerprint density at radius 2 is 0.579 bits per heavy atom. The van der Waals surface area contributed by atoms with Crippen LogP contribution in [0.1, 0.15) is 87.5 Å². The number of hydrogen-bond acceptors (Lipinski definition) is 2. The van der Waals surface area contributed by atoms with E-state index in [4.69, 9.17) is 9.47 Å². The third-order valence-electron chi connectivity index (χ3n) is 1.90. The molecule has 2 nitrogen and oxygen atoms in total. The highest BCUT2D eigenvalue weighted by Crippen LogP contribution is 2.02. The van der Waals surface area contributed by atoms with Crippen LogP contribution in [0.4, 0.5) is 0 Å². The molecule has 0 bridgehead atoms. The molecule has 122 valence electrons. The summed E-state index contributed by atoms with van der Waals surface area (Å²) in [5, 5.41) is 0. The van der Waals surface area contributed by atoms with E-state index in [1.165, 1.54) is 32.1 Å². The molecule has 0 amide bonds. The topological polar surface area (TPSA) is 18.5 Å². The predicted molar refractivity (Wildman–Crippen MR) is 90.1 cm³/mol. The van der Waals surface area contributed by atoms with E-state index in [1.54, 1.807) is 0 Å². The van der Waals surface area contributed by atoms with Crippen molar-refractivity contribution in [2.75, 3.05) is 26.4 Å². The zero-order valence-corrected chi connectivity index (χ0v) is 15.2. The van der Waals surface area contributed by atoms with Crippen LogP contribution in [0.15, 0.2) is 0 Å². The summed E-state index contributed by atoms with van der Waals surface area (Å²) in [5.74, 6) is 0. The maximum absolute atomic E-state index is 5.07. The number of hydrogen-bond donors (Lipinski definition) is 0. The molecule has 0 aromatic carbocycles. The third-order valence-corrected chi connectivity index (χ3v) is 1.90. The molecule has 2 aliphatic heterocycles. The van der Waals surface area contributed by atoms with Crippen LogP contribution in [0, 0.1) is 0 Å². The summed E-state index contributed by atoms with van der Waals surface area (Å²) in [6, 6.07) is 0. The van der Waals surface area contributed by atoms with Crippen molar-refractivity contribution in [1.82, 2.24) is 0 Å². The smallest absolute Gasteiger partial charge is 0.0466 e. The molecular weight excluding hydrogens is 236 g/mol. The van der Waals surface area contributed by atoms with E-state index in [-0.39, 0.29) is 0 Å². The summed E-state index contributed by atoms with van der Waals surface area (Å²) in [6.45, 7) is 20.0. The molecule has 0 aromatic heterocycles. The van der Waals surface area contributed by atoms with Gasteiger partial charge in [0.2, 0.25) is 0 Å². The molecule has 0 aromatic rings. The van der Waals surface area contributed by atoms with Crippen molar-refractivity contribution in [3.63, 3.8) is 0 Å². The highest BCUT2D eigenvalue weighted by Gasteiger charge is 1.95. The highest BCUT2D eigenvalue weighted by molar-refractivity contribution is 4.45. The Kier molecular flexibility index (Phi) is 61.8. The monoisotopic (exact) mass is 278 g/mol. The van der Waals surface area contributed by atoms with Crippen LogP contribution in [-0.4, -0.2) is 26.4 Å². The van der Waals surface area contributed by atoms with Gasteiger partial charge in [0, 0.05) is 26.4 Å². The van der Waals surface area contributed by atoms with Crippen LogP contribution in [0.25, 0.3) is 0 Å². The molecule has 2 heterocycles. The zero-order chi connectivity index (χ0) is 15.8. The van der Waals surface area contributed by atoms with Crippen LogP contribution in [0.2, 0.25) is 0 Å². The summed E-state index contributed by atoms with van der Waals surface area (Å²) in [4.78, 5) is 0. The fourth-order valence-corrected chi connectivity index (χ4v) is 1.20. The molecule has 0 radical (unpaired) electrons. The number of ether oxygens (including phenoxy) is 2. The van der Waals surface area contributed by atoms with E-state index < -0.39 is 0 Å². The van der Waals surface area contributed by atoms with Crippen LogP contribution in [0.5, 0.6) is 0 Å². The zero-order valence-electron chi connectivity index (χ0n) is 15.2. The van der Waals surface area contributed by atoms with Crippen molar-refractivity contribution in [2.45, 2.75) is 87.5 Å². The van der Waals surface area contributed by atoms with Crippen LogP contribution >= 0.6 is 0 Å². The fourth-order valence-electron chi connectivity index (χ4n) is 1.20. The van der Waals surface area contributed by atoms with E-state index in [2.05, 4.69) is 0 Å². The molecule has 0 N–H and O–H groups in total. The molecule has 2 saturated heterocycles. The minimum Gasteiger partial charge on any atom is -0.381 e. The second kappa shape index (κ2) is 43.0. The minimum atomic E-state index is 1.00. The van der Waals surface area contributed by atoms with E-state index >= 15 is 0 Å². The molecule has 19 heavy (non-hydrogen) atoms. The van der Waals surface area contributed by atoms with Gasteiger partial charge in [-0.15, -0.1) is 0 Å². The van der Waals surface area contributed by atoms with Gasteiger partial charge in [0.1, 0.15) is 0 Å². The van der Waals surface area contributed by atoms with Crippen molar-refractivity contribution < 1.29 is 9.47 Å². The normalized spacial score (nSPS) is 15.2. The average Bonchev–Trinajstić information content (AvgIpc) is 3.16. The lowest BCUT2D eigenvalue weighted by molar-refractivity contribution is 0.0968. The molecule has 0 unspecified atom stereocenters. The second-order valence-corrected chi connectivity index (χ2v) is 2.99. The first-order valence-corrected chi connectivity index (χ1v) is 8.65. The number of rotatable bonds is 0. The van der Waals surface area contributed by atoms with Gasteiger partial charge in [-0.25, -0.2) is 0 Å². The van der Waals surface area contributed by atoms with Crippen molar-refractivity contribution >= 4 is 0 Å². The lowest BCUT2D eigenvalue weighted by Gasteiger charge is -2.08. The quantitative estimate of drug-likeness (QED) is 0.534. The first kappa shape index (κ1) is 27.3. The van der Waals surface area contributed by atoms with Crippen molar-refractivity contribution in [3.8, 4) is 0 Å². The molecule has 2 heteroatoms. The van der Waals surface area contributed by atoms with E-state index in [1.807, 2.05) is 55.4 Å². The van der Waals surface area contributed by atoms with Gasteiger partial charge < -0.3 is 9.47 Å². The Morgan fingerprint density at radius 1 is 0.368 bits per heavy atom. The summed E-state index contributed by atoms with van der Waals surface area (Å²) in [6.07, 6.45) is 6.49. The average molecular weight is 279 g/mol. The first-order chi connectivity index (χ1) is 9.50. The van der Waals surface area contributed by atoms with Gasteiger partial charge in [-0.3, -0.25) is 0 Å². The molecule has 0 saturated carbocycles. The minimum absolute atomic E-state index is 1.00. The van der Waals surface area contributed by atoms with Gasteiger partial charge in [-0.2, -0.15) is 0 Å². The van der Waals surface area contributed by atoms with Gasteiger partial charge in [-0.05, 0) is 32.1 Å². The van der Waals surface area contributed by atoms with Gasteiger partial charge in [0.15, 0.2) is 0 Å². The maximum Gasteiger partial charge on any atom is 0.0466 e. The van der Waals surface area contributed by atoms with E-state index in [0.717, 1.165) is 26.4 Å². The first-order valence-electron chi connectivity index (χ1n) is 8.65. The molecular formula is C17H42O2. The highest BCUT2D eigenvalue weighted by atomic mass is 16.5. The van der Waals surface area contributed by atoms with Crippen LogP contribution in [-0.2, 0) is 9.47 Å². The molecule has 2 aliphatic rings. The Labute approximate surface area is 124 Å².